The molecule has 7 heterocycles. The standard InChI is InChI=1S/C26H25ClFN5O3.C24H24N6O2.C20H23N9O/c1-3-4-22(34)32-14-18(9-5-15(32)2)33-25(29)23(26(30)35)24(31-33)16-6-10-19(11-7-16)36-21-12-8-17(27)13-20(21)28;25-15-29-14-17(10-11-24(29)12-13-24)30-22(26)20(23(27)31)21(28-30)16-6-8-19(9-7-16)32-18-4-2-1-3-5-18;1-13-17(24-26-28(13)10-14-6-3-2-4-7-14)18-16(20(23)30)19(22)29(25-18)15-8-5-9-27(11-15)12-21/h6-8,10-13,15,18H,5,9,14,29H2,1-2H3,(H2,30,35);1-9,17H,10-14,26H2,(H2,27,31);2-4,6-7,15H,5,8-11,22H2,1H3,(H2,23,30). The lowest BCUT2D eigenvalue weighted by molar-refractivity contribution is -0.129. The zero-order valence-corrected chi connectivity index (χ0v) is 54.8. The number of nitrogens with zero attached hydrogens (tertiary/aromatic N) is 14. The molecule has 1 spiro atoms. The van der Waals surface area contributed by atoms with E-state index in [1.165, 1.54) is 12.1 Å². The fraction of sp³-hybridized carbons (Fsp3) is 0.300. The molecule has 0 bridgehead atoms. The van der Waals surface area contributed by atoms with Crippen LogP contribution in [0.15, 0.2) is 127 Å². The molecule has 13 rings (SSSR count). The zero-order chi connectivity index (χ0) is 69.5. The first-order valence-electron chi connectivity index (χ1n) is 31.8. The number of piperidine rings is 3. The summed E-state index contributed by atoms with van der Waals surface area (Å²) in [6.45, 7) is 8.08. The van der Waals surface area contributed by atoms with Gasteiger partial charge >= 0.3 is 0 Å². The van der Waals surface area contributed by atoms with Crippen molar-refractivity contribution in [2.75, 3.05) is 43.4 Å². The molecule has 4 aromatic heterocycles. The highest BCUT2D eigenvalue weighted by molar-refractivity contribution is 6.30. The number of likely N-dealkylation sites (tertiary alicyclic amines) is 3. The van der Waals surface area contributed by atoms with Crippen LogP contribution in [0.25, 0.3) is 33.9 Å². The number of hydrogen-bond acceptors (Lipinski definition) is 18. The van der Waals surface area contributed by atoms with Crippen LogP contribution in [0.4, 0.5) is 21.8 Å². The monoisotopic (exact) mass is 1340 g/mol. The molecular formula is C70H72ClFN20O6. The summed E-state index contributed by atoms with van der Waals surface area (Å²) in [7, 11) is 0. The number of carbonyl (C=O) groups is 4. The van der Waals surface area contributed by atoms with E-state index < -0.39 is 23.5 Å². The van der Waals surface area contributed by atoms with Crippen molar-refractivity contribution in [3.8, 4) is 81.1 Å². The predicted octanol–water partition coefficient (Wildman–Crippen LogP) is 9.36. The number of ether oxygens (including phenoxy) is 2. The van der Waals surface area contributed by atoms with E-state index in [0.29, 0.717) is 79.0 Å². The van der Waals surface area contributed by atoms with Crippen molar-refractivity contribution in [1.29, 1.82) is 10.5 Å². The van der Waals surface area contributed by atoms with E-state index in [4.69, 9.17) is 55.5 Å². The van der Waals surface area contributed by atoms with E-state index in [9.17, 15) is 34.1 Å². The fourth-order valence-electron chi connectivity index (χ4n) is 12.7. The minimum Gasteiger partial charge on any atom is -0.457 e. The second kappa shape index (κ2) is 29.0. The third-order valence-corrected chi connectivity index (χ3v) is 18.3. The van der Waals surface area contributed by atoms with Gasteiger partial charge in [-0.3, -0.25) is 19.2 Å². The largest absolute Gasteiger partial charge is 0.457 e. The van der Waals surface area contributed by atoms with Crippen LogP contribution in [-0.2, 0) is 11.3 Å². The Morgan fingerprint density at radius 2 is 1.16 bits per heavy atom. The first kappa shape index (κ1) is 67.5. The Morgan fingerprint density at radius 1 is 0.633 bits per heavy atom. The minimum absolute atomic E-state index is 0.0249. The third kappa shape index (κ3) is 14.4. The highest BCUT2D eigenvalue weighted by Crippen LogP contribution is 2.50. The molecule has 26 nitrogen and oxygen atoms in total. The Balaban J connectivity index is 0.000000149. The lowest BCUT2D eigenvalue weighted by Crippen LogP contribution is -2.46. The van der Waals surface area contributed by atoms with Gasteiger partial charge in [-0.1, -0.05) is 71.3 Å². The minimum atomic E-state index is -0.716. The molecule has 4 atom stereocenters. The third-order valence-electron chi connectivity index (χ3n) is 18.1. The molecule has 3 aliphatic heterocycles. The quantitative estimate of drug-likeness (QED) is 0.0411. The van der Waals surface area contributed by atoms with E-state index in [2.05, 4.69) is 49.8 Å². The van der Waals surface area contributed by atoms with Crippen molar-refractivity contribution in [1.82, 2.24) is 59.0 Å². The average molecular weight is 1340 g/mol. The van der Waals surface area contributed by atoms with Crippen LogP contribution < -0.4 is 43.9 Å². The van der Waals surface area contributed by atoms with E-state index in [1.807, 2.05) is 104 Å². The Morgan fingerprint density at radius 3 is 1.70 bits per heavy atom. The second-order valence-electron chi connectivity index (χ2n) is 24.4. The summed E-state index contributed by atoms with van der Waals surface area (Å²) < 4.78 is 32.1. The van der Waals surface area contributed by atoms with Gasteiger partial charge in [0, 0.05) is 35.3 Å². The van der Waals surface area contributed by atoms with E-state index in [1.54, 1.807) is 59.7 Å². The van der Waals surface area contributed by atoms with Crippen LogP contribution in [0.2, 0.25) is 5.02 Å². The Bertz CT molecular complexity index is 4600. The molecule has 5 aromatic carbocycles. The van der Waals surface area contributed by atoms with Crippen LogP contribution >= 0.6 is 11.6 Å². The molecule has 12 N–H and O–H groups in total. The number of aromatic nitrogens is 9. The number of rotatable bonds is 15. The van der Waals surface area contributed by atoms with Crippen molar-refractivity contribution < 1.29 is 33.0 Å². The topological polar surface area (TPSA) is 384 Å². The molecule has 9 aromatic rings. The van der Waals surface area contributed by atoms with Crippen LogP contribution in [0.3, 0.4) is 0 Å². The molecular weight excluding hydrogens is 1270 g/mol. The summed E-state index contributed by atoms with van der Waals surface area (Å²) in [6, 6.07) is 37.0. The zero-order valence-electron chi connectivity index (χ0n) is 54.1. The number of carbonyl (C=O) groups excluding carboxylic acids is 4. The van der Waals surface area contributed by atoms with E-state index >= 15 is 0 Å². The molecule has 98 heavy (non-hydrogen) atoms. The molecule has 28 heteroatoms. The van der Waals surface area contributed by atoms with Crippen molar-refractivity contribution in [3.05, 3.63) is 166 Å². The molecule has 4 fully saturated rings. The van der Waals surface area contributed by atoms with Crippen molar-refractivity contribution in [3.63, 3.8) is 0 Å². The smallest absolute Gasteiger partial charge is 0.298 e. The van der Waals surface area contributed by atoms with Crippen LogP contribution in [-0.4, -0.2) is 120 Å². The first-order chi connectivity index (χ1) is 47.2. The van der Waals surface area contributed by atoms with E-state index in [-0.39, 0.29) is 80.5 Å². The number of hydrogen-bond donors (Lipinski definition) is 6. The van der Waals surface area contributed by atoms with Gasteiger partial charge in [0.15, 0.2) is 24.0 Å². The number of anilines is 3. The number of halogens is 2. The Hall–Kier alpha value is -11.9. The Labute approximate surface area is 569 Å². The van der Waals surface area contributed by atoms with Gasteiger partial charge in [-0.15, -0.1) is 5.10 Å². The summed E-state index contributed by atoms with van der Waals surface area (Å²) >= 11 is 5.79. The maximum Gasteiger partial charge on any atom is 0.298 e. The molecule has 3 saturated heterocycles. The molecule has 1 saturated carbocycles. The lowest BCUT2D eigenvalue weighted by atomic mass is 9.97. The first-order valence-corrected chi connectivity index (χ1v) is 32.2. The second-order valence-corrected chi connectivity index (χ2v) is 24.9. The molecule has 0 radical (unpaired) electrons. The van der Waals surface area contributed by atoms with E-state index in [0.717, 1.165) is 73.6 Å². The van der Waals surface area contributed by atoms with Gasteiger partial charge in [0.25, 0.3) is 23.6 Å². The lowest BCUT2D eigenvalue weighted by Gasteiger charge is -2.37. The van der Waals surface area contributed by atoms with Crippen molar-refractivity contribution >= 4 is 52.7 Å². The van der Waals surface area contributed by atoms with Gasteiger partial charge in [0.05, 0.1) is 49.0 Å². The number of nitriles is 2. The normalized spacial score (nSPS) is 17.5. The summed E-state index contributed by atoms with van der Waals surface area (Å²) in [5.41, 5.74) is 41.1. The number of primary amides is 3. The maximum absolute atomic E-state index is 14.1. The number of benzene rings is 5. The fourth-order valence-corrected chi connectivity index (χ4v) is 12.9. The average Bonchev–Trinajstić information content (AvgIpc) is 1.61. The van der Waals surface area contributed by atoms with Gasteiger partial charge in [-0.25, -0.2) is 23.1 Å². The summed E-state index contributed by atoms with van der Waals surface area (Å²) in [4.78, 5) is 54.4. The van der Waals surface area contributed by atoms with Crippen LogP contribution in [0, 0.1) is 47.5 Å². The number of nitrogens with two attached hydrogens (primary N) is 6. The molecule has 4 aliphatic rings. The van der Waals surface area contributed by atoms with Crippen molar-refractivity contribution in [2.24, 2.45) is 17.2 Å². The number of para-hydroxylation sites is 1. The maximum atomic E-state index is 14.1. The molecule has 4 amide bonds. The SMILES string of the molecule is CC#CC(=O)N1CC(n2nc(-c3ccc(Oc4ccc(Cl)cc4F)cc3)c(C(N)=O)c2N)CCC1C.Cc1c(-c2nn(C3CCCN(C#N)C3)c(N)c2C(N)=O)nnn1Cc1ccccc1.N#CN1CC(n2nc(-c3ccc(Oc4ccccc4)cc3)c(C(N)=O)c2N)CCC12CC2. The van der Waals surface area contributed by atoms with Gasteiger partial charge in [-0.2, -0.15) is 25.8 Å². The van der Waals surface area contributed by atoms with Crippen LogP contribution in [0.5, 0.6) is 23.0 Å². The van der Waals surface area contributed by atoms with Gasteiger partial charge in [-0.05, 0) is 162 Å². The van der Waals surface area contributed by atoms with Gasteiger partial charge < -0.3 is 58.6 Å². The van der Waals surface area contributed by atoms with Gasteiger partial charge in [0.2, 0.25) is 0 Å². The molecule has 4 unspecified atom stereocenters. The summed E-state index contributed by atoms with van der Waals surface area (Å²) in [5, 5.41) is 41.5. The number of amides is 4. The summed E-state index contributed by atoms with van der Waals surface area (Å²) in [6.07, 6.45) is 11.5. The van der Waals surface area contributed by atoms with Crippen molar-refractivity contribution in [2.45, 2.75) is 108 Å². The molecule has 1 aliphatic carbocycles. The highest BCUT2D eigenvalue weighted by Gasteiger charge is 2.51. The van der Waals surface area contributed by atoms with Gasteiger partial charge in [0.1, 0.15) is 74.2 Å². The Kier molecular flexibility index (Phi) is 20.0. The highest BCUT2D eigenvalue weighted by atomic mass is 35.5. The number of nitrogen functional groups attached to an aromatic ring is 3. The predicted molar refractivity (Wildman–Crippen MR) is 365 cm³/mol. The van der Waals surface area contributed by atoms with Crippen LogP contribution in [0.1, 0.15) is 126 Å². The summed E-state index contributed by atoms with van der Waals surface area (Å²) in [5.74, 6) is 4.73. The molecule has 502 valence electrons.